The first-order valence-electron chi connectivity index (χ1n) is 5.64. The van der Waals surface area contributed by atoms with Gasteiger partial charge in [-0.05, 0) is 12.1 Å². The van der Waals surface area contributed by atoms with Crippen molar-refractivity contribution < 1.29 is 27.2 Å². The van der Waals surface area contributed by atoms with Crippen LogP contribution in [0.15, 0.2) is 41.3 Å². The van der Waals surface area contributed by atoms with E-state index < -0.39 is 48.6 Å². The molecule has 7 nitrogen and oxygen atoms in total. The summed E-state index contributed by atoms with van der Waals surface area (Å²) >= 11 is 0. The monoisotopic (exact) mass is 329 g/mol. The van der Waals surface area contributed by atoms with Crippen LogP contribution in [0.5, 0.6) is 5.75 Å². The van der Waals surface area contributed by atoms with Gasteiger partial charge >= 0.3 is 0 Å². The second-order valence-corrected chi connectivity index (χ2v) is 5.71. The van der Waals surface area contributed by atoms with Crippen molar-refractivity contribution in [2.45, 2.75) is 4.90 Å². The molecule has 0 amide bonds. The fourth-order valence-corrected chi connectivity index (χ4v) is 2.85. The molecule has 0 fully saturated rings. The molecule has 0 atom stereocenters. The van der Waals surface area contributed by atoms with Gasteiger partial charge in [0, 0.05) is 17.8 Å². The van der Waals surface area contributed by atoms with Crippen LogP contribution >= 0.6 is 0 Å². The van der Waals surface area contributed by atoms with E-state index in [-0.39, 0.29) is 0 Å². The first-order valence-corrected chi connectivity index (χ1v) is 7.13. The number of nitrogens with one attached hydrogen (secondary N) is 1. The van der Waals surface area contributed by atoms with Crippen LogP contribution in [0.1, 0.15) is 0 Å². The zero-order chi connectivity index (χ0) is 16.5. The molecule has 0 unspecified atom stereocenters. The van der Waals surface area contributed by atoms with Crippen LogP contribution in [-0.4, -0.2) is 13.3 Å². The number of sulfonamides is 1. The molecule has 2 aromatic rings. The molecule has 2 aromatic carbocycles. The Labute approximate surface area is 123 Å². The van der Waals surface area contributed by atoms with Crippen molar-refractivity contribution in [1.29, 1.82) is 0 Å². The van der Waals surface area contributed by atoms with Crippen LogP contribution in [-0.2, 0) is 10.0 Å². The number of nitro benzene ring substituents is 1. The molecule has 0 spiro atoms. The Morgan fingerprint density at radius 1 is 1.09 bits per heavy atom. The van der Waals surface area contributed by atoms with Crippen molar-refractivity contribution in [1.82, 2.24) is 0 Å². The second kappa shape index (κ2) is 5.56. The SMILES string of the molecule is O=[N+]([O-])c1ccc([O-])c(NS(=O)(=O)c2c(F)cccc2F)c1. The topological polar surface area (TPSA) is 112 Å². The molecule has 0 aromatic heterocycles. The Morgan fingerprint density at radius 3 is 2.23 bits per heavy atom. The fraction of sp³-hybridized carbons (Fsp3) is 0. The quantitative estimate of drug-likeness (QED) is 0.678. The van der Waals surface area contributed by atoms with Gasteiger partial charge in [0.25, 0.3) is 15.7 Å². The molecule has 0 aliphatic rings. The number of rotatable bonds is 4. The van der Waals surface area contributed by atoms with Crippen molar-refractivity contribution in [3.05, 3.63) is 58.1 Å². The molecule has 2 rings (SSSR count). The second-order valence-electron chi connectivity index (χ2n) is 4.09. The molecule has 0 radical (unpaired) electrons. The predicted molar refractivity (Wildman–Crippen MR) is 69.7 cm³/mol. The summed E-state index contributed by atoms with van der Waals surface area (Å²) in [6.07, 6.45) is 0. The maximum Gasteiger partial charge on any atom is 0.271 e. The molecule has 1 N–H and O–H groups in total. The molecular weight excluding hydrogens is 322 g/mol. The first-order chi connectivity index (χ1) is 10.2. The van der Waals surface area contributed by atoms with Crippen LogP contribution in [0.25, 0.3) is 0 Å². The summed E-state index contributed by atoms with van der Waals surface area (Å²) in [5.41, 5.74) is -1.23. The first kappa shape index (κ1) is 15.6. The van der Waals surface area contributed by atoms with Crippen LogP contribution in [0.3, 0.4) is 0 Å². The van der Waals surface area contributed by atoms with E-state index in [1.165, 1.54) is 0 Å². The van der Waals surface area contributed by atoms with E-state index in [1.54, 1.807) is 4.72 Å². The maximum atomic E-state index is 13.5. The van der Waals surface area contributed by atoms with Gasteiger partial charge in [-0.2, -0.15) is 0 Å². The zero-order valence-corrected chi connectivity index (χ0v) is 11.4. The Balaban J connectivity index is 2.50. The molecule has 22 heavy (non-hydrogen) atoms. The van der Waals surface area contributed by atoms with Gasteiger partial charge < -0.3 is 5.11 Å². The Hall–Kier alpha value is -2.75. The third kappa shape index (κ3) is 2.96. The summed E-state index contributed by atoms with van der Waals surface area (Å²) in [6, 6.07) is 4.73. The number of nitrogens with zero attached hydrogens (tertiary/aromatic N) is 1. The van der Waals surface area contributed by atoms with Crippen molar-refractivity contribution in [2.24, 2.45) is 0 Å². The summed E-state index contributed by atoms with van der Waals surface area (Å²) in [5.74, 6) is -3.60. The van der Waals surface area contributed by atoms with Crippen LogP contribution in [0.2, 0.25) is 0 Å². The number of non-ortho nitro benzene ring substituents is 1. The molecular formula is C12H7F2N2O5S-. The number of hydrogen-bond donors (Lipinski definition) is 1. The minimum absolute atomic E-state index is 0.550. The maximum absolute atomic E-state index is 13.5. The average molecular weight is 329 g/mol. The molecule has 0 bridgehead atoms. The highest BCUT2D eigenvalue weighted by Crippen LogP contribution is 2.29. The average Bonchev–Trinajstić information content (AvgIpc) is 2.40. The van der Waals surface area contributed by atoms with Gasteiger partial charge in [-0.3, -0.25) is 14.8 Å². The summed E-state index contributed by atoms with van der Waals surface area (Å²) in [7, 11) is -4.76. The lowest BCUT2D eigenvalue weighted by molar-refractivity contribution is -0.385. The van der Waals surface area contributed by atoms with Crippen LogP contribution in [0, 0.1) is 21.7 Å². The molecule has 10 heteroatoms. The molecule has 116 valence electrons. The van der Waals surface area contributed by atoms with Gasteiger partial charge in [-0.1, -0.05) is 17.9 Å². The van der Waals surface area contributed by atoms with E-state index in [4.69, 9.17) is 0 Å². The van der Waals surface area contributed by atoms with E-state index in [9.17, 15) is 32.4 Å². The van der Waals surface area contributed by atoms with E-state index >= 15 is 0 Å². The number of halogens is 2. The van der Waals surface area contributed by atoms with E-state index in [0.717, 1.165) is 30.3 Å². The lowest BCUT2D eigenvalue weighted by Crippen LogP contribution is -2.17. The largest absolute Gasteiger partial charge is 0.871 e. The number of anilines is 1. The Kier molecular flexibility index (Phi) is 3.95. The van der Waals surface area contributed by atoms with E-state index in [1.807, 2.05) is 0 Å². The standard InChI is InChI=1S/C12H8F2N2O5S/c13-8-2-1-3-9(14)12(8)22(20,21)15-10-6-7(16(18)19)4-5-11(10)17/h1-6,15,17H/p-1. The van der Waals surface area contributed by atoms with Gasteiger partial charge in [-0.15, -0.1) is 0 Å². The molecule has 0 saturated carbocycles. The lowest BCUT2D eigenvalue weighted by Gasteiger charge is -2.15. The summed E-state index contributed by atoms with van der Waals surface area (Å²) < 4.78 is 52.6. The number of hydrogen-bond acceptors (Lipinski definition) is 5. The third-order valence-electron chi connectivity index (χ3n) is 2.61. The highest BCUT2D eigenvalue weighted by molar-refractivity contribution is 7.92. The highest BCUT2D eigenvalue weighted by Gasteiger charge is 2.24. The minimum Gasteiger partial charge on any atom is -0.871 e. The molecule has 0 saturated heterocycles. The highest BCUT2D eigenvalue weighted by atomic mass is 32.2. The summed E-state index contributed by atoms with van der Waals surface area (Å²) in [6.45, 7) is 0. The minimum atomic E-state index is -4.76. The number of nitro groups is 1. The van der Waals surface area contributed by atoms with Crippen LogP contribution in [0.4, 0.5) is 20.2 Å². The Morgan fingerprint density at radius 2 is 1.68 bits per heavy atom. The van der Waals surface area contributed by atoms with Gasteiger partial charge in [0.15, 0.2) is 4.90 Å². The smallest absolute Gasteiger partial charge is 0.271 e. The third-order valence-corrected chi connectivity index (χ3v) is 4.02. The van der Waals surface area contributed by atoms with Crippen molar-refractivity contribution in [2.75, 3.05) is 4.72 Å². The molecule has 0 aliphatic carbocycles. The van der Waals surface area contributed by atoms with Crippen molar-refractivity contribution in [3.8, 4) is 5.75 Å². The molecule has 0 heterocycles. The lowest BCUT2D eigenvalue weighted by atomic mass is 10.2. The van der Waals surface area contributed by atoms with Gasteiger partial charge in [0.05, 0.1) is 4.92 Å². The van der Waals surface area contributed by atoms with Crippen molar-refractivity contribution in [3.63, 3.8) is 0 Å². The van der Waals surface area contributed by atoms with Gasteiger partial charge in [0.1, 0.15) is 11.6 Å². The van der Waals surface area contributed by atoms with E-state index in [2.05, 4.69) is 0 Å². The van der Waals surface area contributed by atoms with Gasteiger partial charge in [-0.25, -0.2) is 17.2 Å². The summed E-state index contributed by atoms with van der Waals surface area (Å²) in [4.78, 5) is 8.49. The van der Waals surface area contributed by atoms with Crippen LogP contribution < -0.4 is 9.83 Å². The molecule has 0 aliphatic heterocycles. The Bertz CT molecular complexity index is 834. The normalized spacial score (nSPS) is 11.2. The fourth-order valence-electron chi connectivity index (χ4n) is 1.65. The van der Waals surface area contributed by atoms with Crippen molar-refractivity contribution >= 4 is 21.4 Å². The predicted octanol–water partition coefficient (Wildman–Crippen LogP) is 1.75. The number of benzene rings is 2. The van der Waals surface area contributed by atoms with Gasteiger partial charge in [0.2, 0.25) is 0 Å². The summed E-state index contributed by atoms with van der Waals surface area (Å²) in [5, 5.41) is 22.2. The zero-order valence-electron chi connectivity index (χ0n) is 10.6. The van der Waals surface area contributed by atoms with E-state index in [0.29, 0.717) is 6.07 Å².